The van der Waals surface area contributed by atoms with E-state index >= 15 is 0 Å². The van der Waals surface area contributed by atoms with Crippen molar-refractivity contribution in [1.29, 1.82) is 0 Å². The highest BCUT2D eigenvalue weighted by Gasteiger charge is 2.22. The number of benzene rings is 4. The molecule has 0 unspecified atom stereocenters. The smallest absolute Gasteiger partial charge is 0.0999 e. The van der Waals surface area contributed by atoms with Crippen LogP contribution in [0, 0.1) is 0 Å². The Labute approximate surface area is 197 Å². The van der Waals surface area contributed by atoms with Gasteiger partial charge in [-0.3, -0.25) is 4.99 Å². The van der Waals surface area contributed by atoms with Crippen molar-refractivity contribution in [3.8, 4) is 0 Å². The topological polar surface area (TPSA) is 12.4 Å². The maximum absolute atomic E-state index is 5.15. The lowest BCUT2D eigenvalue weighted by Crippen LogP contribution is -2.13. The number of rotatable bonds is 7. The summed E-state index contributed by atoms with van der Waals surface area (Å²) < 4.78 is 0. The molecule has 5 rings (SSSR count). The van der Waals surface area contributed by atoms with E-state index in [1.807, 2.05) is 0 Å². The van der Waals surface area contributed by atoms with E-state index in [-0.39, 0.29) is 6.04 Å². The lowest BCUT2D eigenvalue weighted by atomic mass is 9.99. The van der Waals surface area contributed by atoms with Crippen LogP contribution in [0.1, 0.15) is 23.6 Å². The third-order valence-corrected chi connectivity index (χ3v) is 8.37. The first-order valence-electron chi connectivity index (χ1n) is 11.3. The molecular formula is C31H26NP. The molecule has 1 nitrogen and oxygen atoms in total. The van der Waals surface area contributed by atoms with Gasteiger partial charge < -0.3 is 0 Å². The quantitative estimate of drug-likeness (QED) is 0.212. The summed E-state index contributed by atoms with van der Waals surface area (Å²) in [6.45, 7) is 0. The van der Waals surface area contributed by atoms with E-state index in [9.17, 15) is 0 Å². The van der Waals surface area contributed by atoms with Crippen LogP contribution >= 0.6 is 7.92 Å². The minimum absolute atomic E-state index is 0.0126. The number of hydrogen-bond donors (Lipinski definition) is 0. The molecular weight excluding hydrogens is 417 g/mol. The van der Waals surface area contributed by atoms with Gasteiger partial charge in [-0.1, -0.05) is 133 Å². The molecule has 4 aromatic rings. The molecule has 0 saturated heterocycles. The average molecular weight is 444 g/mol. The first kappa shape index (κ1) is 21.3. The second-order valence-corrected chi connectivity index (χ2v) is 10.2. The summed E-state index contributed by atoms with van der Waals surface area (Å²) in [6.07, 6.45) is 7.64. The lowest BCUT2D eigenvalue weighted by Gasteiger charge is -2.21. The molecule has 160 valence electrons. The Morgan fingerprint density at radius 3 is 1.55 bits per heavy atom. The van der Waals surface area contributed by atoms with Crippen LogP contribution < -0.4 is 10.6 Å². The molecule has 0 bridgehead atoms. The van der Waals surface area contributed by atoms with Crippen LogP contribution in [0.3, 0.4) is 0 Å². The van der Waals surface area contributed by atoms with Gasteiger partial charge in [0.1, 0.15) is 0 Å². The fourth-order valence-corrected chi connectivity index (χ4v) is 6.71. The van der Waals surface area contributed by atoms with Crippen LogP contribution in [-0.2, 0) is 0 Å². The molecule has 0 radical (unpaired) electrons. The van der Waals surface area contributed by atoms with Gasteiger partial charge in [0.15, 0.2) is 0 Å². The van der Waals surface area contributed by atoms with Gasteiger partial charge in [0, 0.05) is 6.21 Å². The van der Waals surface area contributed by atoms with E-state index < -0.39 is 7.92 Å². The van der Waals surface area contributed by atoms with E-state index in [0.29, 0.717) is 0 Å². The van der Waals surface area contributed by atoms with Crippen molar-refractivity contribution in [3.05, 3.63) is 155 Å². The fourth-order valence-electron chi connectivity index (χ4n) is 4.23. The van der Waals surface area contributed by atoms with Crippen molar-refractivity contribution < 1.29 is 0 Å². The van der Waals surface area contributed by atoms with Crippen molar-refractivity contribution >= 4 is 24.7 Å². The van der Waals surface area contributed by atoms with Crippen LogP contribution in [0.5, 0.6) is 0 Å². The van der Waals surface area contributed by atoms with E-state index in [2.05, 4.69) is 140 Å². The number of nitrogens with zero attached hydrogens (tertiary/aromatic N) is 1. The van der Waals surface area contributed by atoms with E-state index in [1.165, 1.54) is 32.6 Å². The zero-order chi connectivity index (χ0) is 22.3. The Kier molecular flexibility index (Phi) is 6.71. The summed E-state index contributed by atoms with van der Waals surface area (Å²) in [7, 11) is -0.629. The molecule has 0 atom stereocenters. The van der Waals surface area contributed by atoms with Crippen LogP contribution in [0.15, 0.2) is 149 Å². The summed E-state index contributed by atoms with van der Waals surface area (Å²) >= 11 is 0. The second kappa shape index (κ2) is 10.4. The summed E-state index contributed by atoms with van der Waals surface area (Å²) in [5.41, 5.74) is 3.73. The number of hydrogen-bond acceptors (Lipinski definition) is 1. The summed E-state index contributed by atoms with van der Waals surface area (Å²) in [4.78, 5) is 5.15. The molecule has 0 heterocycles. The summed E-state index contributed by atoms with van der Waals surface area (Å²) in [5.74, 6) is 0. The standard InChI is InChI=1S/C31H26NP/c1-5-14-25(15-6-1)31(26-16-7-2-8-17-26)32-24-27-18-13-23-30(27)33(28-19-9-3-10-20-28)29-21-11-4-12-22-29/h1-17,19-24,31H,18H2. The minimum atomic E-state index is -0.629. The fraction of sp³-hybridized carbons (Fsp3) is 0.0645. The first-order chi connectivity index (χ1) is 16.4. The van der Waals surface area contributed by atoms with Crippen molar-refractivity contribution in [2.45, 2.75) is 12.5 Å². The SMILES string of the molecule is C1=CC(P(c2ccccc2)c2ccccc2)=C(C=NC(c2ccccc2)c2ccccc2)C1. The Bertz CT molecular complexity index is 1180. The average Bonchev–Trinajstić information content (AvgIpc) is 3.35. The minimum Gasteiger partial charge on any atom is -0.280 e. The van der Waals surface area contributed by atoms with Gasteiger partial charge in [0.05, 0.1) is 6.04 Å². The Hall–Kier alpha value is -3.54. The highest BCUT2D eigenvalue weighted by Crippen LogP contribution is 2.47. The third kappa shape index (κ3) is 4.95. The predicted molar refractivity (Wildman–Crippen MR) is 143 cm³/mol. The molecule has 1 aliphatic carbocycles. The van der Waals surface area contributed by atoms with Crippen LogP contribution in [0.4, 0.5) is 0 Å². The van der Waals surface area contributed by atoms with Gasteiger partial charge in [0.25, 0.3) is 0 Å². The predicted octanol–water partition coefficient (Wildman–Crippen LogP) is 7.19. The van der Waals surface area contributed by atoms with Crippen molar-refractivity contribution in [3.63, 3.8) is 0 Å². The Balaban J connectivity index is 1.56. The largest absolute Gasteiger partial charge is 0.280 e. The summed E-state index contributed by atoms with van der Waals surface area (Å²) in [5, 5.41) is 4.13. The molecule has 0 aromatic heterocycles. The summed E-state index contributed by atoms with van der Waals surface area (Å²) in [6, 6.07) is 42.9. The zero-order valence-corrected chi connectivity index (χ0v) is 19.4. The normalized spacial score (nSPS) is 13.5. The Morgan fingerprint density at radius 1 is 0.606 bits per heavy atom. The molecule has 33 heavy (non-hydrogen) atoms. The van der Waals surface area contributed by atoms with Gasteiger partial charge in [-0.25, -0.2) is 0 Å². The van der Waals surface area contributed by atoms with E-state index in [4.69, 9.17) is 4.99 Å². The van der Waals surface area contributed by atoms with Gasteiger partial charge in [0.2, 0.25) is 0 Å². The van der Waals surface area contributed by atoms with Crippen molar-refractivity contribution in [2.75, 3.05) is 0 Å². The van der Waals surface area contributed by atoms with Gasteiger partial charge in [-0.2, -0.15) is 0 Å². The van der Waals surface area contributed by atoms with Crippen LogP contribution in [0.2, 0.25) is 0 Å². The van der Waals surface area contributed by atoms with Gasteiger partial charge in [-0.15, -0.1) is 0 Å². The van der Waals surface area contributed by atoms with E-state index in [0.717, 1.165) is 6.42 Å². The molecule has 0 saturated carbocycles. The maximum atomic E-state index is 5.15. The highest BCUT2D eigenvalue weighted by molar-refractivity contribution is 7.77. The molecule has 0 aliphatic heterocycles. The van der Waals surface area contributed by atoms with Gasteiger partial charge in [-0.05, 0) is 47.0 Å². The van der Waals surface area contributed by atoms with Gasteiger partial charge >= 0.3 is 0 Å². The maximum Gasteiger partial charge on any atom is 0.0999 e. The second-order valence-electron chi connectivity index (χ2n) is 8.03. The zero-order valence-electron chi connectivity index (χ0n) is 18.5. The molecule has 2 heteroatoms. The molecule has 0 amide bonds. The van der Waals surface area contributed by atoms with E-state index in [1.54, 1.807) is 0 Å². The first-order valence-corrected chi connectivity index (χ1v) is 12.7. The molecule has 0 spiro atoms. The highest BCUT2D eigenvalue weighted by atomic mass is 31.1. The Morgan fingerprint density at radius 2 is 1.06 bits per heavy atom. The van der Waals surface area contributed by atoms with Crippen molar-refractivity contribution in [1.82, 2.24) is 0 Å². The molecule has 0 fully saturated rings. The number of allylic oxidation sites excluding steroid dienone is 4. The molecule has 0 N–H and O–H groups in total. The lowest BCUT2D eigenvalue weighted by molar-refractivity contribution is 0.877. The number of aliphatic imine (C=N–C) groups is 1. The molecule has 1 aliphatic rings. The monoisotopic (exact) mass is 443 g/mol. The van der Waals surface area contributed by atoms with Crippen LogP contribution in [-0.4, -0.2) is 6.21 Å². The van der Waals surface area contributed by atoms with Crippen LogP contribution in [0.25, 0.3) is 0 Å². The van der Waals surface area contributed by atoms with Crippen molar-refractivity contribution in [2.24, 2.45) is 4.99 Å². The molecule has 4 aromatic carbocycles. The third-order valence-electron chi connectivity index (χ3n) is 5.82.